The second kappa shape index (κ2) is 9.26. The van der Waals surface area contributed by atoms with Gasteiger partial charge in [-0.1, -0.05) is 25.8 Å². The molecule has 4 nitrogen and oxygen atoms in total. The Balaban J connectivity index is 1.08. The van der Waals surface area contributed by atoms with Crippen molar-refractivity contribution in [1.82, 2.24) is 0 Å². The predicted octanol–water partition coefficient (Wildman–Crippen LogP) is 7.62. The molecule has 0 heterocycles. The molecular formula is C38H46O4. The zero-order chi connectivity index (χ0) is 29.0. The maximum Gasteiger partial charge on any atom is 0.134 e. The highest BCUT2D eigenvalue weighted by Crippen LogP contribution is 2.65. The SMILES string of the molecule is C#C[C@]1(O)CC[C@H]2[C@@H]3CCc4cc(Oc5cc(O)cc6c5[C@H]5CC[C@]7(C)[C@H](O)CC[C@H]7[C@@H]5CC6)ccc4[C@H]3CCC21C. The number of hydrogen-bond donors (Lipinski definition) is 3. The third-order valence-corrected chi connectivity index (χ3v) is 14.0. The van der Waals surface area contributed by atoms with E-state index in [2.05, 4.69) is 38.0 Å². The molecule has 4 heteroatoms. The summed E-state index contributed by atoms with van der Waals surface area (Å²) in [4.78, 5) is 0. The summed E-state index contributed by atoms with van der Waals surface area (Å²) >= 11 is 0. The molecule has 6 aliphatic rings. The molecule has 3 N–H and O–H groups in total. The summed E-state index contributed by atoms with van der Waals surface area (Å²) in [6, 6.07) is 10.5. The van der Waals surface area contributed by atoms with Crippen LogP contribution < -0.4 is 4.74 Å². The van der Waals surface area contributed by atoms with Crippen molar-refractivity contribution in [1.29, 1.82) is 0 Å². The summed E-state index contributed by atoms with van der Waals surface area (Å²) < 4.78 is 6.73. The number of aliphatic hydroxyl groups excluding tert-OH is 1. The minimum absolute atomic E-state index is 0.0432. The average molecular weight is 567 g/mol. The fourth-order valence-corrected chi connectivity index (χ4v) is 11.7. The van der Waals surface area contributed by atoms with Crippen LogP contribution in [0.1, 0.15) is 112 Å². The lowest BCUT2D eigenvalue weighted by Gasteiger charge is -2.52. The molecule has 0 amide bonds. The van der Waals surface area contributed by atoms with Gasteiger partial charge in [0.05, 0.1) is 6.10 Å². The predicted molar refractivity (Wildman–Crippen MR) is 164 cm³/mol. The molecule has 2 aromatic rings. The van der Waals surface area contributed by atoms with E-state index in [4.69, 9.17) is 11.2 Å². The molecule has 0 bridgehead atoms. The van der Waals surface area contributed by atoms with Gasteiger partial charge < -0.3 is 20.1 Å². The highest BCUT2D eigenvalue weighted by atomic mass is 16.5. The van der Waals surface area contributed by atoms with Gasteiger partial charge in [-0.25, -0.2) is 0 Å². The van der Waals surface area contributed by atoms with E-state index in [1.54, 1.807) is 0 Å². The van der Waals surface area contributed by atoms with Gasteiger partial charge in [-0.2, -0.15) is 0 Å². The first-order chi connectivity index (χ1) is 20.1. The Bertz CT molecular complexity index is 1470. The van der Waals surface area contributed by atoms with Crippen LogP contribution in [0.25, 0.3) is 0 Å². The van der Waals surface area contributed by atoms with E-state index in [1.165, 1.54) is 22.3 Å². The Labute approximate surface area is 250 Å². The lowest BCUT2D eigenvalue weighted by molar-refractivity contribution is -0.0646. The zero-order valence-electron chi connectivity index (χ0n) is 25.2. The van der Waals surface area contributed by atoms with Gasteiger partial charge in [0.25, 0.3) is 0 Å². The van der Waals surface area contributed by atoms with Gasteiger partial charge >= 0.3 is 0 Å². The minimum atomic E-state index is -0.964. The molecule has 0 spiro atoms. The maximum absolute atomic E-state index is 11.3. The summed E-state index contributed by atoms with van der Waals surface area (Å²) in [7, 11) is 0. The van der Waals surface area contributed by atoms with Gasteiger partial charge in [-0.05, 0) is 153 Å². The Hall–Kier alpha value is -2.48. The number of phenols is 1. The Kier molecular flexibility index (Phi) is 5.97. The molecule has 4 fully saturated rings. The number of benzene rings is 2. The number of fused-ring (bicyclic) bond motifs is 10. The van der Waals surface area contributed by atoms with Crippen molar-refractivity contribution in [3.8, 4) is 29.6 Å². The van der Waals surface area contributed by atoms with Gasteiger partial charge in [0.15, 0.2) is 0 Å². The summed E-state index contributed by atoms with van der Waals surface area (Å²) in [6.45, 7) is 4.57. The van der Waals surface area contributed by atoms with Gasteiger partial charge in [0, 0.05) is 17.0 Å². The van der Waals surface area contributed by atoms with Crippen LogP contribution in [-0.2, 0) is 12.8 Å². The smallest absolute Gasteiger partial charge is 0.134 e. The van der Waals surface area contributed by atoms with Crippen molar-refractivity contribution in [2.45, 2.75) is 114 Å². The Morgan fingerprint density at radius 2 is 1.60 bits per heavy atom. The van der Waals surface area contributed by atoms with E-state index in [0.29, 0.717) is 35.5 Å². The number of phenolic OH excluding ortho intramolecular Hbond substituents is 1. The van der Waals surface area contributed by atoms with Gasteiger partial charge in [-0.3, -0.25) is 0 Å². The molecule has 8 rings (SSSR count). The first-order valence-corrected chi connectivity index (χ1v) is 16.7. The van der Waals surface area contributed by atoms with E-state index >= 15 is 0 Å². The van der Waals surface area contributed by atoms with Crippen LogP contribution in [0.4, 0.5) is 0 Å². The Morgan fingerprint density at radius 3 is 2.40 bits per heavy atom. The van der Waals surface area contributed by atoms with Crippen LogP contribution >= 0.6 is 0 Å². The molecule has 0 radical (unpaired) electrons. The number of terminal acetylenes is 1. The van der Waals surface area contributed by atoms with Crippen LogP contribution in [0, 0.1) is 46.8 Å². The van der Waals surface area contributed by atoms with E-state index in [-0.39, 0.29) is 22.7 Å². The summed E-state index contributed by atoms with van der Waals surface area (Å²) in [5.41, 5.74) is 4.30. The molecule has 0 saturated heterocycles. The van der Waals surface area contributed by atoms with Crippen molar-refractivity contribution >= 4 is 0 Å². The number of hydrogen-bond acceptors (Lipinski definition) is 4. The normalized spacial score (nSPS) is 43.2. The molecule has 6 aliphatic carbocycles. The summed E-state index contributed by atoms with van der Waals surface area (Å²) in [5.74, 6) is 7.90. The molecule has 0 aliphatic heterocycles. The first-order valence-electron chi connectivity index (χ1n) is 16.7. The largest absolute Gasteiger partial charge is 0.508 e. The van der Waals surface area contributed by atoms with E-state index in [0.717, 1.165) is 88.5 Å². The average Bonchev–Trinajstić information content (AvgIpc) is 3.44. The van der Waals surface area contributed by atoms with Gasteiger partial charge in [-0.15, -0.1) is 6.42 Å². The van der Waals surface area contributed by atoms with Crippen LogP contribution in [-0.4, -0.2) is 27.0 Å². The Morgan fingerprint density at radius 1 is 0.833 bits per heavy atom. The molecule has 10 atom stereocenters. The van der Waals surface area contributed by atoms with Crippen LogP contribution in [0.3, 0.4) is 0 Å². The first kappa shape index (κ1) is 27.1. The molecule has 0 aromatic heterocycles. The lowest BCUT2D eigenvalue weighted by atomic mass is 9.53. The molecule has 222 valence electrons. The third kappa shape index (κ3) is 3.62. The fourth-order valence-electron chi connectivity index (χ4n) is 11.7. The van der Waals surface area contributed by atoms with Crippen molar-refractivity contribution in [2.75, 3.05) is 0 Å². The van der Waals surface area contributed by atoms with Crippen molar-refractivity contribution in [2.24, 2.45) is 34.5 Å². The molecule has 42 heavy (non-hydrogen) atoms. The molecule has 1 unspecified atom stereocenters. The minimum Gasteiger partial charge on any atom is -0.508 e. The number of ether oxygens (including phenoxy) is 1. The highest BCUT2D eigenvalue weighted by Gasteiger charge is 2.61. The molecule has 2 aromatic carbocycles. The van der Waals surface area contributed by atoms with Crippen molar-refractivity contribution < 1.29 is 20.1 Å². The van der Waals surface area contributed by atoms with Gasteiger partial charge in [0.1, 0.15) is 22.8 Å². The number of aromatic hydroxyl groups is 1. The maximum atomic E-state index is 11.3. The second-order valence-corrected chi connectivity index (χ2v) is 15.4. The van der Waals surface area contributed by atoms with Crippen LogP contribution in [0.2, 0.25) is 0 Å². The van der Waals surface area contributed by atoms with E-state index in [9.17, 15) is 15.3 Å². The van der Waals surface area contributed by atoms with Crippen molar-refractivity contribution in [3.05, 3.63) is 52.6 Å². The van der Waals surface area contributed by atoms with Crippen molar-refractivity contribution in [3.63, 3.8) is 0 Å². The highest BCUT2D eigenvalue weighted by molar-refractivity contribution is 5.52. The van der Waals surface area contributed by atoms with E-state index in [1.807, 2.05) is 12.1 Å². The third-order valence-electron chi connectivity index (χ3n) is 14.0. The second-order valence-electron chi connectivity index (χ2n) is 15.4. The quantitative estimate of drug-likeness (QED) is 0.327. The molecular weight excluding hydrogens is 520 g/mol. The zero-order valence-corrected chi connectivity index (χ0v) is 25.2. The number of aliphatic hydroxyl groups is 2. The van der Waals surface area contributed by atoms with E-state index < -0.39 is 5.60 Å². The number of aryl methyl sites for hydroxylation is 2. The monoisotopic (exact) mass is 566 g/mol. The van der Waals surface area contributed by atoms with Crippen LogP contribution in [0.15, 0.2) is 30.3 Å². The topological polar surface area (TPSA) is 69.9 Å². The standard InChI is InChI=1S/C38H46O4/c1-4-38(41)18-15-32-28-8-5-22-20-25(7-10-26(22)27(28)14-17-37(32,38)3)42-33-21-24(39)19-23-6-9-29-30(35(23)33)13-16-36(2)31(29)11-12-34(36)40/h1,7,10,19-21,27-32,34,39-41H,5-6,8-9,11-18H2,2-3H3/t27-,28-,29-,30+,31+,32+,34-,36+,37?,38+/m1/s1. The summed E-state index contributed by atoms with van der Waals surface area (Å²) in [6.07, 6.45) is 17.9. The number of rotatable bonds is 2. The lowest BCUT2D eigenvalue weighted by Crippen LogP contribution is -2.50. The molecule has 4 saturated carbocycles. The summed E-state index contributed by atoms with van der Waals surface area (Å²) in [5, 5.41) is 32.8. The fraction of sp³-hybridized carbons (Fsp3) is 0.632. The van der Waals surface area contributed by atoms with Gasteiger partial charge in [0.2, 0.25) is 0 Å². The van der Waals surface area contributed by atoms with Crippen LogP contribution in [0.5, 0.6) is 17.2 Å².